The minimum Gasteiger partial charge on any atom is -0.497 e. The van der Waals surface area contributed by atoms with Crippen LogP contribution in [0.25, 0.3) is 0 Å². The molecule has 0 unspecified atom stereocenters. The highest BCUT2D eigenvalue weighted by Crippen LogP contribution is 2.16. The van der Waals surface area contributed by atoms with Gasteiger partial charge in [-0.25, -0.2) is 4.98 Å². The summed E-state index contributed by atoms with van der Waals surface area (Å²) in [4.78, 5) is 18.6. The van der Waals surface area contributed by atoms with Crippen LogP contribution in [0.2, 0.25) is 0 Å². The number of imidazole rings is 1. The van der Waals surface area contributed by atoms with Crippen molar-refractivity contribution in [3.05, 3.63) is 72.2 Å². The Balaban J connectivity index is 1.76. The molecule has 0 N–H and O–H groups in total. The second-order valence-electron chi connectivity index (χ2n) is 6.01. The summed E-state index contributed by atoms with van der Waals surface area (Å²) in [5, 5.41) is 0. The van der Waals surface area contributed by atoms with Crippen LogP contribution in [-0.4, -0.2) is 27.5 Å². The van der Waals surface area contributed by atoms with Gasteiger partial charge in [-0.15, -0.1) is 0 Å². The number of hydrogen-bond acceptors (Lipinski definition) is 4. The molecule has 0 atom stereocenters. The van der Waals surface area contributed by atoms with E-state index in [1.165, 1.54) is 0 Å². The number of hydrogen-bond donors (Lipinski definition) is 0. The SMILES string of the molecule is CCC(=O)N(Cc1ccco1)Cc1nccn1Cc1cccc(OC)c1. The smallest absolute Gasteiger partial charge is 0.223 e. The molecule has 0 aliphatic rings. The standard InChI is InChI=1S/C20H23N3O3/c1-3-20(24)23(14-18-8-5-11-26-18)15-19-21-9-10-22(19)13-16-6-4-7-17(12-16)25-2/h4-12H,3,13-15H2,1-2H3. The fourth-order valence-electron chi connectivity index (χ4n) is 2.82. The maximum absolute atomic E-state index is 12.3. The summed E-state index contributed by atoms with van der Waals surface area (Å²) in [6.45, 7) is 3.40. The zero-order chi connectivity index (χ0) is 18.4. The van der Waals surface area contributed by atoms with Gasteiger partial charge in [0.2, 0.25) is 5.91 Å². The third-order valence-electron chi connectivity index (χ3n) is 4.20. The molecule has 6 heteroatoms. The minimum absolute atomic E-state index is 0.0670. The Morgan fingerprint density at radius 2 is 2.15 bits per heavy atom. The van der Waals surface area contributed by atoms with Gasteiger partial charge in [0.15, 0.2) is 0 Å². The Bertz CT molecular complexity index is 840. The van der Waals surface area contributed by atoms with Crippen molar-refractivity contribution in [1.29, 1.82) is 0 Å². The third kappa shape index (κ3) is 4.33. The Morgan fingerprint density at radius 3 is 2.88 bits per heavy atom. The molecular formula is C20H23N3O3. The van der Waals surface area contributed by atoms with Crippen molar-refractivity contribution < 1.29 is 13.9 Å². The zero-order valence-electron chi connectivity index (χ0n) is 15.1. The van der Waals surface area contributed by atoms with Gasteiger partial charge in [-0.05, 0) is 29.8 Å². The summed E-state index contributed by atoms with van der Waals surface area (Å²) in [6, 6.07) is 11.6. The molecule has 0 radical (unpaired) electrons. The molecule has 3 rings (SSSR count). The van der Waals surface area contributed by atoms with Crippen LogP contribution in [0.3, 0.4) is 0 Å². The van der Waals surface area contributed by atoms with E-state index >= 15 is 0 Å². The number of furan rings is 1. The highest BCUT2D eigenvalue weighted by molar-refractivity contribution is 5.75. The molecule has 1 aromatic carbocycles. The number of rotatable bonds is 8. The number of nitrogens with zero attached hydrogens (tertiary/aromatic N) is 3. The predicted octanol–water partition coefficient (Wildman–Crippen LogP) is 3.47. The second-order valence-corrected chi connectivity index (χ2v) is 6.01. The van der Waals surface area contributed by atoms with E-state index in [-0.39, 0.29) is 5.91 Å². The molecule has 0 bridgehead atoms. The average Bonchev–Trinajstić information content (AvgIpc) is 3.33. The van der Waals surface area contributed by atoms with E-state index in [1.54, 1.807) is 24.5 Å². The number of ether oxygens (including phenoxy) is 1. The lowest BCUT2D eigenvalue weighted by molar-refractivity contribution is -0.132. The van der Waals surface area contributed by atoms with Crippen LogP contribution >= 0.6 is 0 Å². The van der Waals surface area contributed by atoms with E-state index in [1.807, 2.05) is 54.1 Å². The summed E-state index contributed by atoms with van der Waals surface area (Å²) < 4.78 is 12.7. The highest BCUT2D eigenvalue weighted by Gasteiger charge is 2.17. The fraction of sp³-hybridized carbons (Fsp3) is 0.300. The normalized spacial score (nSPS) is 10.7. The summed E-state index contributed by atoms with van der Waals surface area (Å²) in [7, 11) is 1.66. The first-order chi connectivity index (χ1) is 12.7. The van der Waals surface area contributed by atoms with Crippen molar-refractivity contribution in [2.24, 2.45) is 0 Å². The molecule has 1 amide bonds. The summed E-state index contributed by atoms with van der Waals surface area (Å²) in [5.74, 6) is 2.49. The molecule has 0 fully saturated rings. The minimum atomic E-state index is 0.0670. The first-order valence-electron chi connectivity index (χ1n) is 8.62. The fourth-order valence-corrected chi connectivity index (χ4v) is 2.82. The molecule has 0 aliphatic heterocycles. The first kappa shape index (κ1) is 17.8. The molecule has 3 aromatic rings. The van der Waals surface area contributed by atoms with Gasteiger partial charge < -0.3 is 18.6 Å². The molecule has 6 nitrogen and oxygen atoms in total. The molecule has 26 heavy (non-hydrogen) atoms. The predicted molar refractivity (Wildman–Crippen MR) is 97.6 cm³/mol. The average molecular weight is 353 g/mol. The molecular weight excluding hydrogens is 330 g/mol. The van der Waals surface area contributed by atoms with E-state index in [2.05, 4.69) is 4.98 Å². The van der Waals surface area contributed by atoms with Crippen LogP contribution in [0.4, 0.5) is 0 Å². The van der Waals surface area contributed by atoms with Gasteiger partial charge in [-0.3, -0.25) is 4.79 Å². The van der Waals surface area contributed by atoms with Crippen LogP contribution in [0.1, 0.15) is 30.5 Å². The van der Waals surface area contributed by atoms with Crippen LogP contribution in [0, 0.1) is 0 Å². The van der Waals surface area contributed by atoms with Gasteiger partial charge in [0, 0.05) is 25.4 Å². The van der Waals surface area contributed by atoms with Gasteiger partial charge in [0.25, 0.3) is 0 Å². The van der Waals surface area contributed by atoms with Crippen LogP contribution in [-0.2, 0) is 24.4 Å². The van der Waals surface area contributed by atoms with Crippen molar-refractivity contribution in [2.75, 3.05) is 7.11 Å². The van der Waals surface area contributed by atoms with Crippen molar-refractivity contribution >= 4 is 5.91 Å². The highest BCUT2D eigenvalue weighted by atomic mass is 16.5. The first-order valence-corrected chi connectivity index (χ1v) is 8.62. The number of amides is 1. The molecule has 136 valence electrons. The van der Waals surface area contributed by atoms with Crippen molar-refractivity contribution in [2.45, 2.75) is 33.0 Å². The maximum Gasteiger partial charge on any atom is 0.223 e. The topological polar surface area (TPSA) is 60.5 Å². The summed E-state index contributed by atoms with van der Waals surface area (Å²) >= 11 is 0. The van der Waals surface area contributed by atoms with Gasteiger partial charge in [-0.2, -0.15) is 0 Å². The second kappa shape index (κ2) is 8.38. The van der Waals surface area contributed by atoms with Crippen molar-refractivity contribution in [1.82, 2.24) is 14.5 Å². The number of carbonyl (C=O) groups excluding carboxylic acids is 1. The Kier molecular flexibility index (Phi) is 5.73. The molecule has 0 aliphatic carbocycles. The Morgan fingerprint density at radius 1 is 1.27 bits per heavy atom. The lowest BCUT2D eigenvalue weighted by Crippen LogP contribution is -2.30. The molecule has 0 saturated carbocycles. The Labute approximate surface area is 153 Å². The third-order valence-corrected chi connectivity index (χ3v) is 4.20. The van der Waals surface area contributed by atoms with Crippen LogP contribution in [0.5, 0.6) is 5.75 Å². The Hall–Kier alpha value is -3.02. The molecule has 0 saturated heterocycles. The summed E-state index contributed by atoms with van der Waals surface area (Å²) in [5.41, 5.74) is 1.11. The van der Waals surface area contributed by atoms with E-state index in [0.29, 0.717) is 26.1 Å². The zero-order valence-corrected chi connectivity index (χ0v) is 15.1. The van der Waals surface area contributed by atoms with E-state index in [0.717, 1.165) is 22.9 Å². The largest absolute Gasteiger partial charge is 0.497 e. The quantitative estimate of drug-likeness (QED) is 0.622. The van der Waals surface area contributed by atoms with Crippen molar-refractivity contribution in [3.8, 4) is 5.75 Å². The monoisotopic (exact) mass is 353 g/mol. The lowest BCUT2D eigenvalue weighted by Gasteiger charge is -2.21. The van der Waals surface area contributed by atoms with Crippen LogP contribution < -0.4 is 4.74 Å². The number of aromatic nitrogens is 2. The van der Waals surface area contributed by atoms with Gasteiger partial charge in [0.1, 0.15) is 17.3 Å². The lowest BCUT2D eigenvalue weighted by atomic mass is 10.2. The number of carbonyl (C=O) groups is 1. The molecule has 2 heterocycles. The van der Waals surface area contributed by atoms with E-state index in [9.17, 15) is 4.79 Å². The number of methoxy groups -OCH3 is 1. The van der Waals surface area contributed by atoms with E-state index in [4.69, 9.17) is 9.15 Å². The van der Waals surface area contributed by atoms with Gasteiger partial charge in [-0.1, -0.05) is 19.1 Å². The molecule has 2 aromatic heterocycles. The summed E-state index contributed by atoms with van der Waals surface area (Å²) in [6.07, 6.45) is 5.75. The van der Waals surface area contributed by atoms with Crippen LogP contribution in [0.15, 0.2) is 59.5 Å². The van der Waals surface area contributed by atoms with E-state index < -0.39 is 0 Å². The number of benzene rings is 1. The molecule has 0 spiro atoms. The van der Waals surface area contributed by atoms with Crippen molar-refractivity contribution in [3.63, 3.8) is 0 Å². The van der Waals surface area contributed by atoms with Gasteiger partial charge >= 0.3 is 0 Å². The maximum atomic E-state index is 12.3. The van der Waals surface area contributed by atoms with Gasteiger partial charge in [0.05, 0.1) is 26.5 Å².